The van der Waals surface area contributed by atoms with E-state index >= 15 is 0 Å². The maximum atomic E-state index is 10.9. The fourth-order valence-electron chi connectivity index (χ4n) is 0.0934. The van der Waals surface area contributed by atoms with Crippen molar-refractivity contribution in [1.29, 1.82) is 0 Å². The van der Waals surface area contributed by atoms with E-state index in [1.54, 1.807) is 0 Å². The average molecular weight is 141 g/mol. The predicted molar refractivity (Wildman–Crippen MR) is 24.8 cm³/mol. The normalized spacial score (nSPS) is 17.4. The minimum absolute atomic E-state index is 0.399. The van der Waals surface area contributed by atoms with Crippen molar-refractivity contribution in [2.45, 2.75) is 0 Å². The van der Waals surface area contributed by atoms with Crippen molar-refractivity contribution in [1.82, 2.24) is 0 Å². The minimum Gasteiger partial charge on any atom is -0.316 e. The zero-order valence-electron chi connectivity index (χ0n) is 4.07. The Kier molecular flexibility index (Phi) is 3.24. The second-order valence-electron chi connectivity index (χ2n) is 0.846. The first-order valence-corrected chi connectivity index (χ1v) is 3.11. The highest BCUT2D eigenvalue weighted by Gasteiger charge is 2.18. The van der Waals surface area contributed by atoms with Crippen molar-refractivity contribution in [3.8, 4) is 0 Å². The summed E-state index contributed by atoms with van der Waals surface area (Å²) in [5, 5.41) is 0. The largest absolute Gasteiger partial charge is 0.544 e. The third kappa shape index (κ3) is 3.15. The molecule has 0 bridgehead atoms. The summed E-state index contributed by atoms with van der Waals surface area (Å²) in [6.45, 7) is 0. The molecule has 1 unspecified atom stereocenters. The Morgan fingerprint density at radius 1 is 1.88 bits per heavy atom. The Morgan fingerprint density at radius 3 is 2.50 bits per heavy atom. The van der Waals surface area contributed by atoms with Crippen LogP contribution in [-0.4, -0.2) is 19.8 Å². The molecule has 0 saturated carbocycles. The molecule has 0 heterocycles. The van der Waals surface area contributed by atoms with Gasteiger partial charge in [-0.2, -0.15) is 0 Å². The number of halogens is 1. The molecule has 0 aliphatic rings. The summed E-state index contributed by atoms with van der Waals surface area (Å²) in [6, 6.07) is 0. The van der Waals surface area contributed by atoms with Gasteiger partial charge in [0.15, 0.2) is 0 Å². The Hall–Kier alpha value is 0.105. The van der Waals surface area contributed by atoms with Crippen LogP contribution >= 0.6 is 7.82 Å². The van der Waals surface area contributed by atoms with Crippen LogP contribution in [0, 0.1) is 0 Å². The molecule has 4 nitrogen and oxygen atoms in total. The van der Waals surface area contributed by atoms with Crippen molar-refractivity contribution in [3.05, 3.63) is 0 Å². The number of phosphoric acid groups is 1. The van der Waals surface area contributed by atoms with Gasteiger partial charge in [0.2, 0.25) is 0 Å². The van der Waals surface area contributed by atoms with E-state index in [0.29, 0.717) is 0 Å². The lowest BCUT2D eigenvalue weighted by atomic mass is 10.5. The average Bonchev–Trinajstić information content (AvgIpc) is 1.67. The molecule has 0 saturated heterocycles. The SMILES string of the molecule is COP(=O)(O)O[B]F. The number of hydrogen-bond donors (Lipinski definition) is 1. The third-order valence-electron chi connectivity index (χ3n) is 0.404. The Morgan fingerprint density at radius 2 is 2.38 bits per heavy atom. The van der Waals surface area contributed by atoms with Gasteiger partial charge in [0.05, 0.1) is 0 Å². The van der Waals surface area contributed by atoms with Gasteiger partial charge in [-0.25, -0.2) is 4.57 Å². The van der Waals surface area contributed by atoms with Gasteiger partial charge in [0, 0.05) is 7.11 Å². The van der Waals surface area contributed by atoms with Crippen LogP contribution in [0.25, 0.3) is 0 Å². The number of phosphoric ester groups is 1. The molecular formula is CH4BFO4P. The lowest BCUT2D eigenvalue weighted by Crippen LogP contribution is -1.91. The summed E-state index contributed by atoms with van der Waals surface area (Å²) in [5.74, 6) is 0. The molecule has 7 heteroatoms. The molecule has 1 radical (unpaired) electrons. The number of rotatable bonds is 3. The number of hydrogen-bond acceptors (Lipinski definition) is 3. The summed E-state index contributed by atoms with van der Waals surface area (Å²) in [5.41, 5.74) is 0. The van der Waals surface area contributed by atoms with Crippen LogP contribution in [0.5, 0.6) is 0 Å². The second-order valence-corrected chi connectivity index (χ2v) is 2.36. The zero-order chi connectivity index (χ0) is 6.62. The summed E-state index contributed by atoms with van der Waals surface area (Å²) in [7, 11) is -3.57. The van der Waals surface area contributed by atoms with Crippen LogP contribution in [0.1, 0.15) is 0 Å². The van der Waals surface area contributed by atoms with Gasteiger partial charge in [-0.3, -0.25) is 8.84 Å². The Labute approximate surface area is 46.5 Å². The second kappa shape index (κ2) is 3.19. The van der Waals surface area contributed by atoms with Crippen LogP contribution < -0.4 is 0 Å². The van der Waals surface area contributed by atoms with E-state index in [4.69, 9.17) is 4.89 Å². The molecule has 1 N–H and O–H groups in total. The molecule has 0 spiro atoms. The van der Waals surface area contributed by atoms with Crippen LogP contribution in [0.2, 0.25) is 0 Å². The highest BCUT2D eigenvalue weighted by atomic mass is 31.2. The van der Waals surface area contributed by atoms with Crippen LogP contribution in [0.3, 0.4) is 0 Å². The summed E-state index contributed by atoms with van der Waals surface area (Å²) >= 11 is 0. The van der Waals surface area contributed by atoms with Crippen molar-refractivity contribution in [2.75, 3.05) is 7.11 Å². The molecule has 0 amide bonds. The van der Waals surface area contributed by atoms with Crippen LogP contribution in [-0.2, 0) is 13.5 Å². The molecule has 0 aromatic rings. The lowest BCUT2D eigenvalue weighted by Gasteiger charge is -2.02. The van der Waals surface area contributed by atoms with Gasteiger partial charge in [-0.15, -0.1) is 0 Å². The van der Waals surface area contributed by atoms with E-state index in [2.05, 4.69) is 8.96 Å². The monoisotopic (exact) mass is 141 g/mol. The molecule has 0 rings (SSSR count). The first kappa shape index (κ1) is 8.10. The maximum absolute atomic E-state index is 10.9. The summed E-state index contributed by atoms with van der Waals surface area (Å²) < 4.78 is 28.2. The van der Waals surface area contributed by atoms with Gasteiger partial charge in [0.1, 0.15) is 0 Å². The fraction of sp³-hybridized carbons (Fsp3) is 1.00. The smallest absolute Gasteiger partial charge is 0.316 e. The van der Waals surface area contributed by atoms with E-state index in [1.807, 2.05) is 0 Å². The summed E-state index contributed by atoms with van der Waals surface area (Å²) in [6.07, 6.45) is 0. The van der Waals surface area contributed by atoms with Crippen LogP contribution in [0.4, 0.5) is 4.32 Å². The first-order valence-electron chi connectivity index (χ1n) is 1.61. The molecule has 47 valence electrons. The highest BCUT2D eigenvalue weighted by molar-refractivity contribution is 7.48. The van der Waals surface area contributed by atoms with E-state index in [-0.39, 0.29) is 0 Å². The molecular weight excluding hydrogens is 137 g/mol. The quantitative estimate of drug-likeness (QED) is 0.452. The van der Waals surface area contributed by atoms with Gasteiger partial charge in [-0.05, 0) is 0 Å². The van der Waals surface area contributed by atoms with Gasteiger partial charge >= 0.3 is 15.6 Å². The van der Waals surface area contributed by atoms with Gasteiger partial charge < -0.3 is 9.33 Å². The van der Waals surface area contributed by atoms with Crippen molar-refractivity contribution in [3.63, 3.8) is 0 Å². The standard InChI is InChI=1S/CH4BFO4P/c1-6-8(4,5)7-2-3/h1H3,(H,4,5). The minimum atomic E-state index is -4.10. The zero-order valence-corrected chi connectivity index (χ0v) is 4.97. The molecule has 0 aromatic carbocycles. The van der Waals surface area contributed by atoms with E-state index in [0.717, 1.165) is 7.11 Å². The lowest BCUT2D eigenvalue weighted by molar-refractivity contribution is 0.241. The van der Waals surface area contributed by atoms with Crippen LogP contribution in [0.15, 0.2) is 0 Å². The maximum Gasteiger partial charge on any atom is 0.544 e. The van der Waals surface area contributed by atoms with E-state index < -0.39 is 15.6 Å². The molecule has 0 aliphatic heterocycles. The highest BCUT2D eigenvalue weighted by Crippen LogP contribution is 2.40. The Bertz CT molecular complexity index is 106. The molecule has 0 aliphatic carbocycles. The first-order chi connectivity index (χ1) is 3.62. The van der Waals surface area contributed by atoms with Crippen molar-refractivity contribution < 1.29 is 22.7 Å². The molecule has 8 heavy (non-hydrogen) atoms. The fourth-order valence-corrected chi connectivity index (χ4v) is 0.280. The third-order valence-corrected chi connectivity index (χ3v) is 1.21. The Balaban J connectivity index is 3.55. The molecule has 1 atom stereocenters. The summed E-state index contributed by atoms with van der Waals surface area (Å²) in [4.78, 5) is 8.16. The van der Waals surface area contributed by atoms with Crippen molar-refractivity contribution in [2.24, 2.45) is 0 Å². The predicted octanol–water partition coefficient (Wildman–Crippen LogP) is 0.253. The van der Waals surface area contributed by atoms with E-state index in [9.17, 15) is 8.88 Å². The molecule has 0 fully saturated rings. The van der Waals surface area contributed by atoms with Crippen molar-refractivity contribution >= 4 is 15.6 Å². The van der Waals surface area contributed by atoms with E-state index in [1.165, 1.54) is 0 Å². The van der Waals surface area contributed by atoms with Gasteiger partial charge in [-0.1, -0.05) is 0 Å². The van der Waals surface area contributed by atoms with Gasteiger partial charge in [0.25, 0.3) is 0 Å². The topological polar surface area (TPSA) is 55.8 Å². The molecule has 0 aromatic heterocycles.